The molecule has 114 valence electrons. The molecule has 1 atom stereocenters. The van der Waals surface area contributed by atoms with Crippen molar-refractivity contribution in [2.45, 2.75) is 26.3 Å². The van der Waals surface area contributed by atoms with E-state index in [1.807, 2.05) is 19.2 Å². The van der Waals surface area contributed by atoms with Gasteiger partial charge in [-0.05, 0) is 5.92 Å². The van der Waals surface area contributed by atoms with Gasteiger partial charge in [-0.2, -0.15) is 0 Å². The molecule has 0 heterocycles. The first-order valence-electron chi connectivity index (χ1n) is 5.98. The Bertz CT molecular complexity index is 382. The number of hydrogen-bond donors (Lipinski definition) is 5. The van der Waals surface area contributed by atoms with Crippen LogP contribution >= 0.6 is 0 Å². The molecule has 9 nitrogen and oxygen atoms in total. The first-order valence-corrected chi connectivity index (χ1v) is 5.98. The second-order valence-corrected chi connectivity index (χ2v) is 4.51. The summed E-state index contributed by atoms with van der Waals surface area (Å²) in [4.78, 5) is 43.7. The molecule has 0 rings (SSSR count). The van der Waals surface area contributed by atoms with Crippen LogP contribution < -0.4 is 16.0 Å². The lowest BCUT2D eigenvalue weighted by atomic mass is 10.2. The summed E-state index contributed by atoms with van der Waals surface area (Å²) < 4.78 is 0. The van der Waals surface area contributed by atoms with Crippen LogP contribution in [0.15, 0.2) is 0 Å². The van der Waals surface area contributed by atoms with Crippen LogP contribution in [0.5, 0.6) is 0 Å². The van der Waals surface area contributed by atoms with Gasteiger partial charge in [0, 0.05) is 6.54 Å². The average molecular weight is 289 g/mol. The van der Waals surface area contributed by atoms with Gasteiger partial charge in [0.05, 0.1) is 13.0 Å². The molecule has 0 aliphatic carbocycles. The highest BCUT2D eigenvalue weighted by Gasteiger charge is 2.23. The molecule has 0 radical (unpaired) electrons. The first kappa shape index (κ1) is 17.7. The van der Waals surface area contributed by atoms with Crippen LogP contribution in [0.25, 0.3) is 0 Å². The largest absolute Gasteiger partial charge is 0.481 e. The maximum atomic E-state index is 11.3. The maximum Gasteiger partial charge on any atom is 0.326 e. The molecule has 0 aliphatic rings. The fourth-order valence-corrected chi connectivity index (χ4v) is 1.12. The van der Waals surface area contributed by atoms with Crippen LogP contribution in [0.1, 0.15) is 20.3 Å². The van der Waals surface area contributed by atoms with E-state index in [1.54, 1.807) is 0 Å². The third-order valence-corrected chi connectivity index (χ3v) is 2.10. The average Bonchev–Trinajstić information content (AvgIpc) is 2.32. The number of rotatable bonds is 8. The Hall–Kier alpha value is -2.32. The van der Waals surface area contributed by atoms with Crippen molar-refractivity contribution >= 4 is 23.9 Å². The monoisotopic (exact) mass is 289 g/mol. The van der Waals surface area contributed by atoms with Gasteiger partial charge >= 0.3 is 18.0 Å². The van der Waals surface area contributed by atoms with E-state index in [2.05, 4.69) is 10.6 Å². The van der Waals surface area contributed by atoms with Gasteiger partial charge in [0.2, 0.25) is 5.91 Å². The molecule has 0 spiro atoms. The van der Waals surface area contributed by atoms with Crippen LogP contribution in [0.4, 0.5) is 4.79 Å². The van der Waals surface area contributed by atoms with E-state index in [0.717, 1.165) is 0 Å². The minimum Gasteiger partial charge on any atom is -0.481 e. The number of carbonyl (C=O) groups is 4. The number of amides is 3. The van der Waals surface area contributed by atoms with Crippen molar-refractivity contribution < 1.29 is 29.4 Å². The summed E-state index contributed by atoms with van der Waals surface area (Å²) in [5.41, 5.74) is 0. The Balaban J connectivity index is 4.10. The standard InChI is InChI=1S/C11H19N3O6/c1-6(2)4-12-8(15)5-13-11(20)14-7(10(18)19)3-9(16)17/h6-7H,3-5H2,1-2H3,(H,12,15)(H,16,17)(H,18,19)(H2,13,14,20). The lowest BCUT2D eigenvalue weighted by molar-refractivity contribution is -0.145. The van der Waals surface area contributed by atoms with E-state index < -0.39 is 36.3 Å². The zero-order chi connectivity index (χ0) is 15.7. The number of nitrogens with one attached hydrogen (secondary N) is 3. The van der Waals surface area contributed by atoms with Crippen LogP contribution in [0, 0.1) is 5.92 Å². The number of hydrogen-bond acceptors (Lipinski definition) is 4. The van der Waals surface area contributed by atoms with Gasteiger partial charge in [0.15, 0.2) is 0 Å². The second kappa shape index (κ2) is 8.73. The Morgan fingerprint density at radius 1 is 1.05 bits per heavy atom. The highest BCUT2D eigenvalue weighted by atomic mass is 16.4. The minimum absolute atomic E-state index is 0.264. The molecule has 0 saturated carbocycles. The fraction of sp³-hybridized carbons (Fsp3) is 0.636. The summed E-state index contributed by atoms with van der Waals surface area (Å²) in [5, 5.41) is 23.9. The van der Waals surface area contributed by atoms with E-state index >= 15 is 0 Å². The van der Waals surface area contributed by atoms with Crippen LogP contribution in [0.2, 0.25) is 0 Å². The Morgan fingerprint density at radius 2 is 1.65 bits per heavy atom. The topological polar surface area (TPSA) is 145 Å². The van der Waals surface area contributed by atoms with E-state index in [1.165, 1.54) is 0 Å². The van der Waals surface area contributed by atoms with Crippen molar-refractivity contribution in [1.82, 2.24) is 16.0 Å². The van der Waals surface area contributed by atoms with Gasteiger partial charge in [-0.3, -0.25) is 9.59 Å². The molecule has 20 heavy (non-hydrogen) atoms. The molecule has 0 aliphatic heterocycles. The molecule has 0 saturated heterocycles. The number of carboxylic acids is 2. The molecule has 0 aromatic rings. The van der Waals surface area contributed by atoms with Gasteiger partial charge in [-0.1, -0.05) is 13.8 Å². The molecule has 1 unspecified atom stereocenters. The predicted molar refractivity (Wildman–Crippen MR) is 68.1 cm³/mol. The summed E-state index contributed by atoms with van der Waals surface area (Å²) in [6.07, 6.45) is -0.748. The van der Waals surface area contributed by atoms with Crippen molar-refractivity contribution in [2.75, 3.05) is 13.1 Å². The van der Waals surface area contributed by atoms with Crippen LogP contribution in [-0.4, -0.2) is 53.2 Å². The quantitative estimate of drug-likeness (QED) is 0.387. The number of aliphatic carboxylic acids is 2. The number of carboxylic acid groups (broad SMARTS) is 2. The SMILES string of the molecule is CC(C)CNC(=O)CNC(=O)NC(CC(=O)O)C(=O)O. The second-order valence-electron chi connectivity index (χ2n) is 4.51. The molecule has 0 bridgehead atoms. The van der Waals surface area contributed by atoms with Crippen molar-refractivity contribution in [2.24, 2.45) is 5.92 Å². The van der Waals surface area contributed by atoms with Crippen molar-refractivity contribution in [3.8, 4) is 0 Å². The molecular formula is C11H19N3O6. The molecule has 9 heteroatoms. The zero-order valence-electron chi connectivity index (χ0n) is 11.3. The Kier molecular flexibility index (Phi) is 7.71. The number of urea groups is 1. The molecular weight excluding hydrogens is 270 g/mol. The van der Waals surface area contributed by atoms with Gasteiger partial charge in [-0.25, -0.2) is 9.59 Å². The van der Waals surface area contributed by atoms with Gasteiger partial charge in [0.25, 0.3) is 0 Å². The Labute approximate surface area is 115 Å². The lowest BCUT2D eigenvalue weighted by Crippen LogP contribution is -2.49. The molecule has 0 aromatic heterocycles. The predicted octanol–water partition coefficient (Wildman–Crippen LogP) is -1.01. The van der Waals surface area contributed by atoms with E-state index in [-0.39, 0.29) is 12.5 Å². The van der Waals surface area contributed by atoms with Crippen LogP contribution in [0.3, 0.4) is 0 Å². The van der Waals surface area contributed by atoms with Crippen LogP contribution in [-0.2, 0) is 14.4 Å². The molecule has 3 amide bonds. The molecule has 0 aromatic carbocycles. The van der Waals surface area contributed by atoms with Gasteiger partial charge < -0.3 is 26.2 Å². The minimum atomic E-state index is -1.55. The molecule has 0 fully saturated rings. The summed E-state index contributed by atoms with van der Waals surface area (Å²) in [7, 11) is 0. The third-order valence-electron chi connectivity index (χ3n) is 2.10. The van der Waals surface area contributed by atoms with Crippen molar-refractivity contribution in [3.63, 3.8) is 0 Å². The highest BCUT2D eigenvalue weighted by molar-refractivity contribution is 5.88. The van der Waals surface area contributed by atoms with E-state index in [0.29, 0.717) is 6.54 Å². The highest BCUT2D eigenvalue weighted by Crippen LogP contribution is 1.92. The van der Waals surface area contributed by atoms with Gasteiger partial charge in [-0.15, -0.1) is 0 Å². The zero-order valence-corrected chi connectivity index (χ0v) is 11.3. The molecule has 5 N–H and O–H groups in total. The van der Waals surface area contributed by atoms with Crippen molar-refractivity contribution in [1.29, 1.82) is 0 Å². The van der Waals surface area contributed by atoms with E-state index in [9.17, 15) is 19.2 Å². The third kappa shape index (κ3) is 8.72. The summed E-state index contributed by atoms with van der Waals surface area (Å²) in [5.74, 6) is -2.97. The van der Waals surface area contributed by atoms with Gasteiger partial charge in [0.1, 0.15) is 6.04 Å². The fourth-order valence-electron chi connectivity index (χ4n) is 1.12. The normalized spacial score (nSPS) is 11.6. The summed E-state index contributed by atoms with van der Waals surface area (Å²) in [6.45, 7) is 3.95. The summed E-state index contributed by atoms with van der Waals surface area (Å²) in [6, 6.07) is -2.47. The summed E-state index contributed by atoms with van der Waals surface area (Å²) >= 11 is 0. The smallest absolute Gasteiger partial charge is 0.326 e. The lowest BCUT2D eigenvalue weighted by Gasteiger charge is -2.13. The maximum absolute atomic E-state index is 11.3. The first-order chi connectivity index (χ1) is 9.22. The van der Waals surface area contributed by atoms with E-state index in [4.69, 9.17) is 10.2 Å². The number of carbonyl (C=O) groups excluding carboxylic acids is 2. The van der Waals surface area contributed by atoms with Crippen molar-refractivity contribution in [3.05, 3.63) is 0 Å². The Morgan fingerprint density at radius 3 is 2.10 bits per heavy atom.